The highest BCUT2D eigenvalue weighted by Gasteiger charge is 2.03. The molecule has 0 bridgehead atoms. The van der Waals surface area contributed by atoms with E-state index < -0.39 is 0 Å². The van der Waals surface area contributed by atoms with Crippen molar-refractivity contribution in [3.63, 3.8) is 0 Å². The minimum atomic E-state index is 0.137. The summed E-state index contributed by atoms with van der Waals surface area (Å²) >= 11 is 1.74. The second-order valence-electron chi connectivity index (χ2n) is 4.58. The standard InChI is InChI=1S/C14H22N2OS/c1-15(2)9-10-16(3)12-14-8-7-13(18-14)6-4-5-11-17/h7-8,17H,5,9-12H2,1-3H3. The summed E-state index contributed by atoms with van der Waals surface area (Å²) in [6.45, 7) is 3.25. The molecule has 0 aliphatic heterocycles. The molecule has 1 aromatic rings. The van der Waals surface area contributed by atoms with Crippen LogP contribution in [0.3, 0.4) is 0 Å². The van der Waals surface area contributed by atoms with Gasteiger partial charge in [0.1, 0.15) is 0 Å². The second-order valence-corrected chi connectivity index (χ2v) is 5.75. The van der Waals surface area contributed by atoms with Gasteiger partial charge in [0.05, 0.1) is 11.5 Å². The van der Waals surface area contributed by atoms with Crippen LogP contribution in [0.5, 0.6) is 0 Å². The maximum atomic E-state index is 8.66. The van der Waals surface area contributed by atoms with E-state index in [0.717, 1.165) is 24.5 Å². The first-order valence-corrected chi connectivity index (χ1v) is 6.95. The summed E-state index contributed by atoms with van der Waals surface area (Å²) < 4.78 is 0. The van der Waals surface area contributed by atoms with Crippen molar-refractivity contribution in [2.45, 2.75) is 13.0 Å². The van der Waals surface area contributed by atoms with Crippen molar-refractivity contribution in [3.05, 3.63) is 21.9 Å². The summed E-state index contributed by atoms with van der Waals surface area (Å²) in [5, 5.41) is 8.66. The molecule has 0 unspecified atom stereocenters. The highest BCUT2D eigenvalue weighted by atomic mass is 32.1. The maximum absolute atomic E-state index is 8.66. The van der Waals surface area contributed by atoms with Crippen molar-refractivity contribution < 1.29 is 5.11 Å². The van der Waals surface area contributed by atoms with Crippen molar-refractivity contribution in [2.24, 2.45) is 0 Å². The van der Waals surface area contributed by atoms with E-state index in [1.807, 2.05) is 0 Å². The molecule has 0 amide bonds. The summed E-state index contributed by atoms with van der Waals surface area (Å²) in [4.78, 5) is 6.93. The lowest BCUT2D eigenvalue weighted by atomic mass is 10.3. The van der Waals surface area contributed by atoms with Crippen LogP contribution in [0.1, 0.15) is 16.2 Å². The Morgan fingerprint density at radius 1 is 1.22 bits per heavy atom. The van der Waals surface area contributed by atoms with Gasteiger partial charge in [0, 0.05) is 30.9 Å². The Morgan fingerprint density at radius 3 is 2.67 bits per heavy atom. The van der Waals surface area contributed by atoms with Gasteiger partial charge in [-0.2, -0.15) is 0 Å². The molecular formula is C14H22N2OS. The normalized spacial score (nSPS) is 10.8. The Hall–Kier alpha value is -0.860. The molecule has 0 radical (unpaired) electrons. The van der Waals surface area contributed by atoms with Crippen LogP contribution in [-0.2, 0) is 6.54 Å². The van der Waals surface area contributed by atoms with Gasteiger partial charge >= 0.3 is 0 Å². The van der Waals surface area contributed by atoms with Crippen LogP contribution in [0.2, 0.25) is 0 Å². The van der Waals surface area contributed by atoms with Gasteiger partial charge in [0.2, 0.25) is 0 Å². The molecule has 0 spiro atoms. The molecule has 4 heteroatoms. The van der Waals surface area contributed by atoms with E-state index in [4.69, 9.17) is 5.11 Å². The first-order chi connectivity index (χ1) is 8.61. The Bertz CT molecular complexity index is 403. The van der Waals surface area contributed by atoms with Crippen molar-refractivity contribution in [1.29, 1.82) is 0 Å². The largest absolute Gasteiger partial charge is 0.395 e. The number of aliphatic hydroxyl groups excluding tert-OH is 1. The third kappa shape index (κ3) is 6.18. The number of rotatable bonds is 6. The monoisotopic (exact) mass is 266 g/mol. The molecule has 0 aliphatic rings. The number of aliphatic hydroxyl groups is 1. The van der Waals surface area contributed by atoms with Crippen molar-refractivity contribution >= 4 is 11.3 Å². The van der Waals surface area contributed by atoms with Crippen molar-refractivity contribution in [1.82, 2.24) is 9.80 Å². The van der Waals surface area contributed by atoms with E-state index in [9.17, 15) is 0 Å². The molecule has 1 heterocycles. The van der Waals surface area contributed by atoms with Gasteiger partial charge < -0.3 is 14.9 Å². The van der Waals surface area contributed by atoms with Crippen LogP contribution in [0, 0.1) is 11.8 Å². The molecule has 3 nitrogen and oxygen atoms in total. The summed E-state index contributed by atoms with van der Waals surface area (Å²) in [7, 11) is 6.32. The SMILES string of the molecule is CN(C)CCN(C)Cc1ccc(C#CCCO)s1. The molecule has 0 aromatic carbocycles. The quantitative estimate of drug-likeness (QED) is 0.790. The Labute approximate surface area is 114 Å². The van der Waals surface area contributed by atoms with Crippen LogP contribution in [-0.4, -0.2) is 55.7 Å². The molecule has 100 valence electrons. The lowest BCUT2D eigenvalue weighted by molar-refractivity contribution is 0.278. The van der Waals surface area contributed by atoms with Gasteiger partial charge in [-0.25, -0.2) is 0 Å². The van der Waals surface area contributed by atoms with Crippen molar-refractivity contribution in [3.8, 4) is 11.8 Å². The van der Waals surface area contributed by atoms with Crippen LogP contribution < -0.4 is 0 Å². The molecule has 0 fully saturated rings. The van der Waals surface area contributed by atoms with E-state index in [0.29, 0.717) is 6.42 Å². The minimum Gasteiger partial charge on any atom is -0.395 e. The van der Waals surface area contributed by atoms with E-state index in [2.05, 4.69) is 54.9 Å². The average molecular weight is 266 g/mol. The second kappa shape index (κ2) is 8.28. The fourth-order valence-corrected chi connectivity index (χ4v) is 2.41. The Balaban J connectivity index is 2.41. The topological polar surface area (TPSA) is 26.7 Å². The maximum Gasteiger partial charge on any atom is 0.0771 e. The van der Waals surface area contributed by atoms with Crippen LogP contribution in [0.25, 0.3) is 0 Å². The third-order valence-corrected chi connectivity index (χ3v) is 3.45. The number of thiophene rings is 1. The zero-order valence-corrected chi connectivity index (χ0v) is 12.3. The summed E-state index contributed by atoms with van der Waals surface area (Å²) in [6.07, 6.45) is 0.552. The van der Waals surface area contributed by atoms with Gasteiger partial charge in [-0.3, -0.25) is 0 Å². The smallest absolute Gasteiger partial charge is 0.0771 e. The molecule has 0 saturated carbocycles. The summed E-state index contributed by atoms with van der Waals surface area (Å²) in [6, 6.07) is 4.20. The van der Waals surface area contributed by atoms with Gasteiger partial charge in [-0.05, 0) is 33.3 Å². The number of hydrogen-bond acceptors (Lipinski definition) is 4. The zero-order chi connectivity index (χ0) is 13.4. The molecular weight excluding hydrogens is 244 g/mol. The van der Waals surface area contributed by atoms with Gasteiger partial charge in [0.15, 0.2) is 0 Å². The fourth-order valence-electron chi connectivity index (χ4n) is 1.45. The lowest BCUT2D eigenvalue weighted by Crippen LogP contribution is -2.28. The molecule has 1 N–H and O–H groups in total. The van der Waals surface area contributed by atoms with Crippen LogP contribution in [0.4, 0.5) is 0 Å². The first-order valence-electron chi connectivity index (χ1n) is 6.13. The average Bonchev–Trinajstić information content (AvgIpc) is 2.74. The first kappa shape index (κ1) is 15.2. The fraction of sp³-hybridized carbons (Fsp3) is 0.571. The summed E-state index contributed by atoms with van der Waals surface area (Å²) in [5.74, 6) is 6.02. The number of nitrogens with zero attached hydrogens (tertiary/aromatic N) is 2. The molecule has 1 aromatic heterocycles. The predicted octanol–water partition coefficient (Wildman–Crippen LogP) is 1.48. The highest BCUT2D eigenvalue weighted by Crippen LogP contribution is 2.16. The van der Waals surface area contributed by atoms with Gasteiger partial charge in [0.25, 0.3) is 0 Å². The van der Waals surface area contributed by atoms with E-state index >= 15 is 0 Å². The van der Waals surface area contributed by atoms with E-state index in [1.165, 1.54) is 4.88 Å². The molecule has 18 heavy (non-hydrogen) atoms. The van der Waals surface area contributed by atoms with Gasteiger partial charge in [-0.1, -0.05) is 11.8 Å². The Morgan fingerprint density at radius 2 is 2.00 bits per heavy atom. The van der Waals surface area contributed by atoms with Crippen LogP contribution in [0.15, 0.2) is 12.1 Å². The number of hydrogen-bond donors (Lipinski definition) is 1. The highest BCUT2D eigenvalue weighted by molar-refractivity contribution is 7.12. The molecule has 1 rings (SSSR count). The third-order valence-electron chi connectivity index (χ3n) is 2.46. The predicted molar refractivity (Wildman–Crippen MR) is 77.8 cm³/mol. The van der Waals surface area contributed by atoms with Crippen molar-refractivity contribution in [2.75, 3.05) is 40.8 Å². The summed E-state index contributed by atoms with van der Waals surface area (Å²) in [5.41, 5.74) is 0. The zero-order valence-electron chi connectivity index (χ0n) is 11.4. The van der Waals surface area contributed by atoms with Gasteiger partial charge in [-0.15, -0.1) is 11.3 Å². The molecule has 0 aliphatic carbocycles. The number of likely N-dealkylation sites (N-methyl/N-ethyl adjacent to an activating group) is 2. The Kier molecular flexibility index (Phi) is 6.99. The minimum absolute atomic E-state index is 0.137. The lowest BCUT2D eigenvalue weighted by Gasteiger charge is -2.18. The molecule has 0 saturated heterocycles. The van der Waals surface area contributed by atoms with Crippen LogP contribution >= 0.6 is 11.3 Å². The van der Waals surface area contributed by atoms with E-state index in [-0.39, 0.29) is 6.61 Å². The molecule has 0 atom stereocenters. The van der Waals surface area contributed by atoms with E-state index in [1.54, 1.807) is 11.3 Å².